The van der Waals surface area contributed by atoms with E-state index in [9.17, 15) is 9.18 Å². The molecule has 8 heteroatoms. The summed E-state index contributed by atoms with van der Waals surface area (Å²) in [5.41, 5.74) is 2.66. The van der Waals surface area contributed by atoms with Crippen molar-refractivity contribution >= 4 is 18.3 Å². The van der Waals surface area contributed by atoms with E-state index in [0.717, 1.165) is 48.5 Å². The van der Waals surface area contributed by atoms with Crippen LogP contribution in [-0.2, 0) is 19.4 Å². The maximum Gasteiger partial charge on any atom is 0.257 e. The minimum atomic E-state index is -0.477. The van der Waals surface area contributed by atoms with Crippen molar-refractivity contribution in [1.82, 2.24) is 20.2 Å². The summed E-state index contributed by atoms with van der Waals surface area (Å²) in [5, 5.41) is 3.35. The number of fused-ring (bicyclic) bond motifs is 1. The second kappa shape index (κ2) is 9.16. The number of halogens is 2. The highest BCUT2D eigenvalue weighted by Gasteiger charge is 2.28. The average Bonchev–Trinajstić information content (AvgIpc) is 3.44. The van der Waals surface area contributed by atoms with Crippen LogP contribution in [0.25, 0.3) is 11.5 Å². The maximum atomic E-state index is 14.5. The quantitative estimate of drug-likeness (QED) is 0.667. The molecular weight excluding hydrogens is 419 g/mol. The summed E-state index contributed by atoms with van der Waals surface area (Å²) in [4.78, 5) is 23.4. The lowest BCUT2D eigenvalue weighted by Gasteiger charge is -2.25. The fraction of sp³-hybridized carbons (Fsp3) is 0.348. The Morgan fingerprint density at radius 3 is 3.00 bits per heavy atom. The van der Waals surface area contributed by atoms with E-state index in [1.165, 1.54) is 6.07 Å². The molecule has 1 fully saturated rings. The molecule has 2 aliphatic heterocycles. The molecule has 2 aromatic heterocycles. The molecule has 1 aromatic carbocycles. The van der Waals surface area contributed by atoms with Crippen LogP contribution in [0.5, 0.6) is 0 Å². The second-order valence-corrected chi connectivity index (χ2v) is 7.98. The van der Waals surface area contributed by atoms with E-state index in [-0.39, 0.29) is 23.9 Å². The SMILES string of the molecule is Cl.O=C(c1cc(CC2CCNC2)ccc1F)N1CCc2oc(-c3cccnc3)nc2C1. The van der Waals surface area contributed by atoms with Gasteiger partial charge in [-0.25, -0.2) is 9.37 Å². The van der Waals surface area contributed by atoms with Gasteiger partial charge < -0.3 is 14.6 Å². The van der Waals surface area contributed by atoms with Gasteiger partial charge in [0.1, 0.15) is 17.3 Å². The number of carbonyl (C=O) groups is 1. The van der Waals surface area contributed by atoms with Crippen molar-refractivity contribution in [1.29, 1.82) is 0 Å². The van der Waals surface area contributed by atoms with E-state index in [4.69, 9.17) is 4.42 Å². The van der Waals surface area contributed by atoms with Crippen LogP contribution in [0.15, 0.2) is 47.1 Å². The van der Waals surface area contributed by atoms with Gasteiger partial charge in [-0.05, 0) is 61.7 Å². The van der Waals surface area contributed by atoms with E-state index in [1.807, 2.05) is 12.1 Å². The molecule has 1 atom stereocenters. The van der Waals surface area contributed by atoms with Crippen molar-refractivity contribution in [3.05, 3.63) is 71.1 Å². The molecule has 2 aliphatic rings. The molecule has 162 valence electrons. The Kier molecular flexibility index (Phi) is 6.34. The van der Waals surface area contributed by atoms with Gasteiger partial charge in [-0.1, -0.05) is 6.07 Å². The molecule has 3 aromatic rings. The van der Waals surface area contributed by atoms with Gasteiger partial charge in [-0.15, -0.1) is 12.4 Å². The zero-order chi connectivity index (χ0) is 20.5. The fourth-order valence-electron chi connectivity index (χ4n) is 4.24. The Bertz CT molecular complexity index is 1070. The Labute approximate surface area is 186 Å². The first-order chi connectivity index (χ1) is 14.7. The van der Waals surface area contributed by atoms with Crippen molar-refractivity contribution in [2.45, 2.75) is 25.8 Å². The maximum absolute atomic E-state index is 14.5. The molecule has 1 N–H and O–H groups in total. The Hall–Kier alpha value is -2.77. The van der Waals surface area contributed by atoms with Gasteiger partial charge in [0, 0.05) is 25.4 Å². The van der Waals surface area contributed by atoms with Gasteiger partial charge in [0.25, 0.3) is 5.91 Å². The molecule has 5 rings (SSSR count). The van der Waals surface area contributed by atoms with Crippen LogP contribution in [0.2, 0.25) is 0 Å². The van der Waals surface area contributed by atoms with Crippen LogP contribution in [-0.4, -0.2) is 40.4 Å². The number of amides is 1. The van der Waals surface area contributed by atoms with Crippen LogP contribution in [0.1, 0.15) is 33.8 Å². The van der Waals surface area contributed by atoms with E-state index >= 15 is 0 Å². The van der Waals surface area contributed by atoms with Crippen molar-refractivity contribution in [3.63, 3.8) is 0 Å². The average molecular weight is 443 g/mol. The standard InChI is InChI=1S/C23H23FN4O2.ClH/c24-19-4-3-15(10-16-5-8-26-12-16)11-18(19)23(29)28-9-6-21-20(14-28)27-22(30-21)17-2-1-7-25-13-17;/h1-4,7,11,13,16,26H,5-6,8-10,12,14H2;1H. The zero-order valence-corrected chi connectivity index (χ0v) is 17.8. The van der Waals surface area contributed by atoms with E-state index in [2.05, 4.69) is 15.3 Å². The number of nitrogens with one attached hydrogen (secondary N) is 1. The molecule has 1 saturated heterocycles. The normalized spacial score (nSPS) is 17.8. The lowest BCUT2D eigenvalue weighted by atomic mass is 9.97. The smallest absolute Gasteiger partial charge is 0.257 e. The van der Waals surface area contributed by atoms with Crippen LogP contribution < -0.4 is 5.32 Å². The molecule has 0 radical (unpaired) electrons. The number of aromatic nitrogens is 2. The van der Waals surface area contributed by atoms with Crippen molar-refractivity contribution in [2.75, 3.05) is 19.6 Å². The first-order valence-electron chi connectivity index (χ1n) is 10.3. The number of nitrogens with zero attached hydrogens (tertiary/aromatic N) is 3. The van der Waals surface area contributed by atoms with E-state index < -0.39 is 5.82 Å². The Morgan fingerprint density at radius 2 is 2.23 bits per heavy atom. The van der Waals surface area contributed by atoms with Crippen LogP contribution in [0, 0.1) is 11.7 Å². The first-order valence-corrected chi connectivity index (χ1v) is 10.3. The molecule has 6 nitrogen and oxygen atoms in total. The number of rotatable bonds is 4. The molecule has 0 bridgehead atoms. The van der Waals surface area contributed by atoms with Gasteiger partial charge in [-0.3, -0.25) is 9.78 Å². The highest BCUT2D eigenvalue weighted by atomic mass is 35.5. The van der Waals surface area contributed by atoms with Crippen LogP contribution in [0.3, 0.4) is 0 Å². The van der Waals surface area contributed by atoms with Crippen LogP contribution >= 0.6 is 12.4 Å². The van der Waals surface area contributed by atoms with E-state index in [0.29, 0.717) is 31.3 Å². The lowest BCUT2D eigenvalue weighted by molar-refractivity contribution is 0.0723. The third-order valence-corrected chi connectivity index (χ3v) is 5.87. The van der Waals surface area contributed by atoms with Gasteiger partial charge in [0.15, 0.2) is 0 Å². The summed E-state index contributed by atoms with van der Waals surface area (Å²) in [7, 11) is 0. The summed E-state index contributed by atoms with van der Waals surface area (Å²) in [5.74, 6) is 1.05. The molecule has 1 unspecified atom stereocenters. The number of hydrogen-bond donors (Lipinski definition) is 1. The molecular formula is C23H24ClFN4O2. The predicted molar refractivity (Wildman–Crippen MR) is 117 cm³/mol. The Balaban J connectivity index is 0.00000231. The van der Waals surface area contributed by atoms with Crippen molar-refractivity contribution in [2.24, 2.45) is 5.92 Å². The predicted octanol–water partition coefficient (Wildman–Crippen LogP) is 3.65. The molecule has 31 heavy (non-hydrogen) atoms. The topological polar surface area (TPSA) is 71.3 Å². The van der Waals surface area contributed by atoms with Crippen molar-refractivity contribution < 1.29 is 13.6 Å². The zero-order valence-electron chi connectivity index (χ0n) is 17.0. The summed E-state index contributed by atoms with van der Waals surface area (Å²) in [6, 6.07) is 8.63. The third kappa shape index (κ3) is 4.48. The molecule has 1 amide bonds. The fourth-order valence-corrected chi connectivity index (χ4v) is 4.24. The number of hydrogen-bond acceptors (Lipinski definition) is 5. The minimum absolute atomic E-state index is 0. The van der Waals surface area contributed by atoms with Gasteiger partial charge >= 0.3 is 0 Å². The minimum Gasteiger partial charge on any atom is -0.441 e. The van der Waals surface area contributed by atoms with E-state index in [1.54, 1.807) is 29.4 Å². The highest BCUT2D eigenvalue weighted by Crippen LogP contribution is 2.27. The lowest BCUT2D eigenvalue weighted by Crippen LogP contribution is -2.36. The van der Waals surface area contributed by atoms with Gasteiger partial charge in [-0.2, -0.15) is 0 Å². The summed E-state index contributed by atoms with van der Waals surface area (Å²) < 4.78 is 20.4. The number of benzene rings is 1. The highest BCUT2D eigenvalue weighted by molar-refractivity contribution is 5.94. The number of oxazole rings is 1. The first kappa shape index (κ1) is 21.5. The monoisotopic (exact) mass is 442 g/mol. The second-order valence-electron chi connectivity index (χ2n) is 7.98. The van der Waals surface area contributed by atoms with Crippen molar-refractivity contribution in [3.8, 4) is 11.5 Å². The summed E-state index contributed by atoms with van der Waals surface area (Å²) in [6.45, 7) is 2.78. The van der Waals surface area contributed by atoms with Crippen LogP contribution in [0.4, 0.5) is 4.39 Å². The largest absolute Gasteiger partial charge is 0.441 e. The summed E-state index contributed by atoms with van der Waals surface area (Å²) >= 11 is 0. The molecule has 4 heterocycles. The number of pyridine rings is 1. The summed E-state index contributed by atoms with van der Waals surface area (Å²) in [6.07, 6.45) is 5.92. The Morgan fingerprint density at radius 1 is 1.32 bits per heavy atom. The molecule has 0 spiro atoms. The van der Waals surface area contributed by atoms with Gasteiger partial charge in [0.2, 0.25) is 5.89 Å². The van der Waals surface area contributed by atoms with Gasteiger partial charge in [0.05, 0.1) is 17.7 Å². The number of carbonyl (C=O) groups excluding carboxylic acids is 1. The molecule has 0 aliphatic carbocycles. The third-order valence-electron chi connectivity index (χ3n) is 5.87. The molecule has 0 saturated carbocycles.